The van der Waals surface area contributed by atoms with Crippen molar-refractivity contribution in [2.75, 3.05) is 0 Å². The van der Waals surface area contributed by atoms with Crippen molar-refractivity contribution in [1.82, 2.24) is 0 Å². The van der Waals surface area contributed by atoms with Gasteiger partial charge in [-0.15, -0.1) is 0 Å². The maximum atomic E-state index is 8.89. The summed E-state index contributed by atoms with van der Waals surface area (Å²) in [5.41, 5.74) is 0. The van der Waals surface area contributed by atoms with Crippen molar-refractivity contribution >= 4 is 36.4 Å². The van der Waals surface area contributed by atoms with Crippen molar-refractivity contribution in [3.05, 3.63) is 0 Å². The van der Waals surface area contributed by atoms with E-state index in [0.717, 1.165) is 27.7 Å². The quantitative estimate of drug-likeness (QED) is 0.332. The van der Waals surface area contributed by atoms with Crippen LogP contribution in [-0.4, -0.2) is 36.4 Å². The SMILES string of the molecule is CC(=O)[O-].CC(=O)[O-].CC(=O)[O-].CC(=O)[O-].O=CC=O. The maximum absolute atomic E-state index is 8.89. The van der Waals surface area contributed by atoms with E-state index in [1.165, 1.54) is 0 Å². The lowest BCUT2D eigenvalue weighted by atomic mass is 10.9. The molecule has 0 atom stereocenters. The largest absolute Gasteiger partial charge is 0.550 e. The molecule has 10 nitrogen and oxygen atoms in total. The van der Waals surface area contributed by atoms with Crippen LogP contribution in [-0.2, 0) is 28.8 Å². The number of aliphatic carboxylic acids is 4. The highest BCUT2D eigenvalue weighted by molar-refractivity contribution is 6.09. The van der Waals surface area contributed by atoms with E-state index in [2.05, 4.69) is 0 Å². The van der Waals surface area contributed by atoms with E-state index in [4.69, 9.17) is 49.2 Å². The molecule has 0 N–H and O–H groups in total. The van der Waals surface area contributed by atoms with Gasteiger partial charge in [-0.1, -0.05) is 0 Å². The molecule has 0 aliphatic heterocycles. The molecule has 0 radical (unpaired) electrons. The van der Waals surface area contributed by atoms with Crippen LogP contribution >= 0.6 is 0 Å². The van der Waals surface area contributed by atoms with Gasteiger partial charge in [-0.05, 0) is 27.7 Å². The summed E-state index contributed by atoms with van der Waals surface area (Å²) in [5, 5.41) is 35.6. The standard InChI is InChI=1S/4C2H4O2.C2H2O2/c4*1-2(3)4;3-1-2-4/h4*1H3,(H,3,4);1-2H/p-4. The van der Waals surface area contributed by atoms with Crippen LogP contribution in [0.4, 0.5) is 0 Å². The Bertz CT molecular complexity index is 224. The molecule has 0 bridgehead atoms. The normalized spacial score (nSPS) is 6.00. The molecule has 0 saturated heterocycles. The Morgan fingerprint density at radius 2 is 0.600 bits per heavy atom. The molecule has 10 heteroatoms. The lowest BCUT2D eigenvalue weighted by Gasteiger charge is -1.77. The van der Waals surface area contributed by atoms with Crippen LogP contribution in [0.1, 0.15) is 27.7 Å². The molecule has 20 heavy (non-hydrogen) atoms. The number of hydrogen-bond donors (Lipinski definition) is 0. The van der Waals surface area contributed by atoms with Gasteiger partial charge in [0.2, 0.25) is 0 Å². The van der Waals surface area contributed by atoms with Gasteiger partial charge in [0.1, 0.15) is 0 Å². The Labute approximate surface area is 114 Å². The minimum Gasteiger partial charge on any atom is -0.550 e. The summed E-state index contributed by atoms with van der Waals surface area (Å²) in [5.74, 6) is -4.33. The number of rotatable bonds is 1. The molecule has 0 aliphatic rings. The molecular formula is C10H14O10-4. The van der Waals surface area contributed by atoms with Crippen molar-refractivity contribution < 1.29 is 49.2 Å². The predicted molar refractivity (Wildman–Crippen MR) is 54.9 cm³/mol. The van der Waals surface area contributed by atoms with E-state index in [0.29, 0.717) is 0 Å². The van der Waals surface area contributed by atoms with Crippen LogP contribution in [0.25, 0.3) is 0 Å². The van der Waals surface area contributed by atoms with Gasteiger partial charge in [-0.25, -0.2) is 0 Å². The second kappa shape index (κ2) is 29.8. The van der Waals surface area contributed by atoms with Gasteiger partial charge in [0, 0.05) is 23.9 Å². The highest BCUT2D eigenvalue weighted by atomic mass is 16.4. The van der Waals surface area contributed by atoms with Gasteiger partial charge < -0.3 is 39.6 Å². The first kappa shape index (κ1) is 30.3. The van der Waals surface area contributed by atoms with E-state index in [-0.39, 0.29) is 12.6 Å². The van der Waals surface area contributed by atoms with Crippen LogP contribution in [0.15, 0.2) is 0 Å². The van der Waals surface area contributed by atoms with Gasteiger partial charge in [-0.3, -0.25) is 9.59 Å². The number of carbonyl (C=O) groups is 6. The average Bonchev–Trinajstić information content (AvgIpc) is 2.13. The lowest BCUT2D eigenvalue weighted by molar-refractivity contribution is -0.303. The monoisotopic (exact) mass is 294 g/mol. The predicted octanol–water partition coefficient (Wildman–Crippen LogP) is -5.59. The molecule has 0 unspecified atom stereocenters. The Kier molecular flexibility index (Phi) is 45.3. The summed E-state index contributed by atoms with van der Waals surface area (Å²) in [6.07, 6.45) is 0.389. The third kappa shape index (κ3) is 971. The summed E-state index contributed by atoms with van der Waals surface area (Å²) in [6.45, 7) is 3.89. The number of hydrogen-bond acceptors (Lipinski definition) is 10. The molecule has 118 valence electrons. The van der Waals surface area contributed by atoms with Gasteiger partial charge >= 0.3 is 0 Å². The van der Waals surface area contributed by atoms with Crippen LogP contribution < -0.4 is 20.4 Å². The van der Waals surface area contributed by atoms with Crippen molar-refractivity contribution in [2.24, 2.45) is 0 Å². The number of carboxylic acid groups (broad SMARTS) is 4. The molecule has 0 spiro atoms. The molecule has 0 heterocycles. The fourth-order valence-electron chi connectivity index (χ4n) is 0. The van der Waals surface area contributed by atoms with E-state index < -0.39 is 23.9 Å². The summed E-state index contributed by atoms with van der Waals surface area (Å²) in [7, 11) is 0. The third-order valence-electron chi connectivity index (χ3n) is 0.0556. The fourth-order valence-corrected chi connectivity index (χ4v) is 0. The van der Waals surface area contributed by atoms with Gasteiger partial charge in [-0.2, -0.15) is 0 Å². The average molecular weight is 294 g/mol. The topological polar surface area (TPSA) is 195 Å². The Morgan fingerprint density at radius 1 is 0.550 bits per heavy atom. The van der Waals surface area contributed by atoms with E-state index in [9.17, 15) is 0 Å². The van der Waals surface area contributed by atoms with Gasteiger partial charge in [0.05, 0.1) is 0 Å². The van der Waals surface area contributed by atoms with Crippen LogP contribution in [0, 0.1) is 0 Å². The zero-order chi connectivity index (χ0) is 17.7. The highest BCUT2D eigenvalue weighted by Crippen LogP contribution is 1.32. The second-order valence-corrected chi connectivity index (χ2v) is 2.24. The first-order valence-corrected chi connectivity index (χ1v) is 4.44. The maximum Gasteiger partial charge on any atom is 0.182 e. The molecular weight excluding hydrogens is 280 g/mol. The number of carboxylic acids is 4. The zero-order valence-electron chi connectivity index (χ0n) is 11.2. The van der Waals surface area contributed by atoms with E-state index >= 15 is 0 Å². The summed E-state index contributed by atoms with van der Waals surface area (Å²) in [6, 6.07) is 0. The Morgan fingerprint density at radius 3 is 0.600 bits per heavy atom. The highest BCUT2D eigenvalue weighted by Gasteiger charge is 1.48. The first-order chi connectivity index (χ1) is 8.84. The van der Waals surface area contributed by atoms with Crippen LogP contribution in [0.3, 0.4) is 0 Å². The third-order valence-corrected chi connectivity index (χ3v) is 0.0556. The molecule has 0 aliphatic carbocycles. The van der Waals surface area contributed by atoms with Gasteiger partial charge in [0.25, 0.3) is 0 Å². The number of aldehydes is 2. The molecule has 0 aromatic rings. The minimum absolute atomic E-state index is 0.194. The number of carbonyl (C=O) groups excluding carboxylic acids is 6. The van der Waals surface area contributed by atoms with E-state index in [1.807, 2.05) is 0 Å². The van der Waals surface area contributed by atoms with E-state index in [1.54, 1.807) is 0 Å². The summed E-state index contributed by atoms with van der Waals surface area (Å²) < 4.78 is 0. The Balaban J connectivity index is -0.0000000469. The van der Waals surface area contributed by atoms with Gasteiger partial charge in [0.15, 0.2) is 12.6 Å². The summed E-state index contributed by atoms with van der Waals surface area (Å²) in [4.78, 5) is 53.2. The van der Waals surface area contributed by atoms with Crippen molar-refractivity contribution in [3.63, 3.8) is 0 Å². The second-order valence-electron chi connectivity index (χ2n) is 2.24. The fraction of sp³-hybridized carbons (Fsp3) is 0.400. The Hall–Kier alpha value is -2.78. The lowest BCUT2D eigenvalue weighted by Crippen LogP contribution is -2.16. The van der Waals surface area contributed by atoms with Crippen molar-refractivity contribution in [1.29, 1.82) is 0 Å². The molecule has 0 aromatic heterocycles. The molecule has 0 amide bonds. The summed E-state index contributed by atoms with van der Waals surface area (Å²) >= 11 is 0. The molecule has 0 fully saturated rings. The van der Waals surface area contributed by atoms with Crippen LogP contribution in [0.2, 0.25) is 0 Å². The van der Waals surface area contributed by atoms with Crippen molar-refractivity contribution in [2.45, 2.75) is 27.7 Å². The molecule has 0 saturated carbocycles. The first-order valence-electron chi connectivity index (χ1n) is 4.44. The molecule has 0 rings (SSSR count). The molecule has 0 aromatic carbocycles. The van der Waals surface area contributed by atoms with Crippen LogP contribution in [0.5, 0.6) is 0 Å². The minimum atomic E-state index is -1.08. The van der Waals surface area contributed by atoms with Crippen molar-refractivity contribution in [3.8, 4) is 0 Å². The zero-order valence-corrected chi connectivity index (χ0v) is 11.2. The smallest absolute Gasteiger partial charge is 0.182 e.